The lowest BCUT2D eigenvalue weighted by molar-refractivity contribution is -0.384. The first-order valence-electron chi connectivity index (χ1n) is 9.46. The smallest absolute Gasteiger partial charge is 0.338 e. The highest BCUT2D eigenvalue weighted by atomic mass is 16.6. The number of carbonyl (C=O) groups excluding carboxylic acids is 2. The van der Waals surface area contributed by atoms with Crippen LogP contribution in [0.2, 0.25) is 0 Å². The molecule has 0 saturated carbocycles. The van der Waals surface area contributed by atoms with E-state index in [1.807, 2.05) is 0 Å². The molecule has 0 spiro atoms. The summed E-state index contributed by atoms with van der Waals surface area (Å²) in [6.45, 7) is 2.01. The van der Waals surface area contributed by atoms with Crippen molar-refractivity contribution in [3.05, 3.63) is 87.7 Å². The minimum atomic E-state index is -0.732. The highest BCUT2D eigenvalue weighted by Crippen LogP contribution is 2.24. The molecule has 160 valence electrons. The summed E-state index contributed by atoms with van der Waals surface area (Å²) < 4.78 is 10.6. The third-order valence-electron chi connectivity index (χ3n) is 4.27. The van der Waals surface area contributed by atoms with Crippen LogP contribution in [0.3, 0.4) is 0 Å². The Morgan fingerprint density at radius 1 is 1.19 bits per heavy atom. The van der Waals surface area contributed by atoms with Crippen LogP contribution in [0.4, 0.5) is 11.4 Å². The number of rotatable bonds is 7. The number of non-ortho nitro benzene ring substituents is 1. The summed E-state index contributed by atoms with van der Waals surface area (Å²) >= 11 is 0. The second kappa shape index (κ2) is 9.86. The molecule has 9 nitrogen and oxygen atoms in total. The van der Waals surface area contributed by atoms with E-state index in [-0.39, 0.29) is 29.3 Å². The summed E-state index contributed by atoms with van der Waals surface area (Å²) in [5.74, 6) is -0.413. The van der Waals surface area contributed by atoms with Crippen molar-refractivity contribution in [1.29, 1.82) is 5.26 Å². The van der Waals surface area contributed by atoms with Gasteiger partial charge >= 0.3 is 5.97 Å². The van der Waals surface area contributed by atoms with Gasteiger partial charge in [-0.25, -0.2) is 4.79 Å². The molecule has 0 fully saturated rings. The van der Waals surface area contributed by atoms with Crippen LogP contribution in [-0.4, -0.2) is 23.4 Å². The molecular formula is C23H17N3O6. The molecule has 2 aromatic carbocycles. The molecule has 0 bridgehead atoms. The number of nitrogens with zero attached hydrogens (tertiary/aromatic N) is 2. The van der Waals surface area contributed by atoms with Gasteiger partial charge in [0.2, 0.25) is 0 Å². The van der Waals surface area contributed by atoms with Crippen molar-refractivity contribution in [3.63, 3.8) is 0 Å². The Labute approximate surface area is 182 Å². The number of nitro groups is 1. The number of amides is 1. The number of nitro benzene ring substituents is 1. The quantitative estimate of drug-likeness (QED) is 0.190. The van der Waals surface area contributed by atoms with Crippen molar-refractivity contribution in [2.45, 2.75) is 6.92 Å². The van der Waals surface area contributed by atoms with Gasteiger partial charge in [0.15, 0.2) is 0 Å². The third-order valence-corrected chi connectivity index (χ3v) is 4.27. The Morgan fingerprint density at radius 2 is 1.94 bits per heavy atom. The maximum absolute atomic E-state index is 12.4. The Kier molecular flexibility index (Phi) is 6.78. The lowest BCUT2D eigenvalue weighted by Crippen LogP contribution is -2.13. The van der Waals surface area contributed by atoms with Gasteiger partial charge in [0.05, 0.1) is 17.1 Å². The van der Waals surface area contributed by atoms with Gasteiger partial charge in [-0.2, -0.15) is 5.26 Å². The van der Waals surface area contributed by atoms with Crippen molar-refractivity contribution in [3.8, 4) is 17.4 Å². The topological polar surface area (TPSA) is 135 Å². The average Bonchev–Trinajstić information content (AvgIpc) is 3.26. The molecule has 1 N–H and O–H groups in total. The number of anilines is 1. The highest BCUT2D eigenvalue weighted by molar-refractivity contribution is 6.09. The summed E-state index contributed by atoms with van der Waals surface area (Å²) in [6, 6.07) is 17.0. The Bertz CT molecular complexity index is 1240. The van der Waals surface area contributed by atoms with Crippen LogP contribution in [-0.2, 0) is 9.53 Å². The van der Waals surface area contributed by atoms with E-state index in [0.29, 0.717) is 16.9 Å². The third kappa shape index (κ3) is 5.25. The molecular weight excluding hydrogens is 414 g/mol. The lowest BCUT2D eigenvalue weighted by Gasteiger charge is -2.04. The highest BCUT2D eigenvalue weighted by Gasteiger charge is 2.14. The average molecular weight is 431 g/mol. The normalized spacial score (nSPS) is 10.8. The first-order chi connectivity index (χ1) is 15.4. The van der Waals surface area contributed by atoms with Crippen LogP contribution in [0.15, 0.2) is 70.7 Å². The van der Waals surface area contributed by atoms with Crippen LogP contribution in [0.1, 0.15) is 23.0 Å². The molecule has 0 saturated heterocycles. The van der Waals surface area contributed by atoms with Crippen molar-refractivity contribution in [2.75, 3.05) is 11.9 Å². The monoisotopic (exact) mass is 431 g/mol. The number of esters is 1. The van der Waals surface area contributed by atoms with E-state index >= 15 is 0 Å². The standard InChI is InChI=1S/C23H17N3O6/c1-2-31-23(28)16-8-6-15(7-9-16)21-11-10-20(32-21)12-17(14-24)22(27)25-18-4-3-5-19(13-18)26(29)30/h3-13H,2H2,1H3,(H,25,27)/b17-12+. The van der Waals surface area contributed by atoms with Crippen LogP contribution in [0.5, 0.6) is 0 Å². The molecule has 0 aliphatic heterocycles. The molecule has 0 unspecified atom stereocenters. The maximum atomic E-state index is 12.4. The molecule has 0 aliphatic carbocycles. The zero-order valence-corrected chi connectivity index (χ0v) is 16.9. The number of hydrogen-bond acceptors (Lipinski definition) is 7. The van der Waals surface area contributed by atoms with Gasteiger partial charge in [-0.05, 0) is 37.3 Å². The number of nitrogens with one attached hydrogen (secondary N) is 1. The summed E-state index contributed by atoms with van der Waals surface area (Å²) in [7, 11) is 0. The number of nitriles is 1. The second-order valence-electron chi connectivity index (χ2n) is 6.43. The van der Waals surface area contributed by atoms with E-state index in [0.717, 1.165) is 0 Å². The van der Waals surface area contributed by atoms with Gasteiger partial charge < -0.3 is 14.5 Å². The zero-order chi connectivity index (χ0) is 23.1. The van der Waals surface area contributed by atoms with Crippen LogP contribution in [0.25, 0.3) is 17.4 Å². The maximum Gasteiger partial charge on any atom is 0.338 e. The molecule has 1 heterocycles. The van der Waals surface area contributed by atoms with E-state index < -0.39 is 16.8 Å². The molecule has 3 aromatic rings. The van der Waals surface area contributed by atoms with Crippen LogP contribution >= 0.6 is 0 Å². The molecule has 32 heavy (non-hydrogen) atoms. The molecule has 3 rings (SSSR count). The zero-order valence-electron chi connectivity index (χ0n) is 16.9. The van der Waals surface area contributed by atoms with Crippen LogP contribution in [0, 0.1) is 21.4 Å². The predicted octanol–water partition coefficient (Wildman–Crippen LogP) is 4.58. The summed E-state index contributed by atoms with van der Waals surface area (Å²) in [6.07, 6.45) is 1.27. The van der Waals surface area contributed by atoms with Gasteiger partial charge in [0.25, 0.3) is 11.6 Å². The fourth-order valence-corrected chi connectivity index (χ4v) is 2.76. The minimum absolute atomic E-state index is 0.185. The Hall–Kier alpha value is -4.71. The summed E-state index contributed by atoms with van der Waals surface area (Å²) in [4.78, 5) is 34.4. The second-order valence-corrected chi connectivity index (χ2v) is 6.43. The molecule has 1 amide bonds. The van der Waals surface area contributed by atoms with E-state index in [1.165, 1.54) is 30.3 Å². The largest absolute Gasteiger partial charge is 0.462 e. The molecule has 9 heteroatoms. The lowest BCUT2D eigenvalue weighted by atomic mass is 10.1. The predicted molar refractivity (Wildman–Crippen MR) is 115 cm³/mol. The number of benzene rings is 2. The van der Waals surface area contributed by atoms with Gasteiger partial charge in [0.1, 0.15) is 23.2 Å². The number of hydrogen-bond donors (Lipinski definition) is 1. The molecule has 0 radical (unpaired) electrons. The Morgan fingerprint density at radius 3 is 2.59 bits per heavy atom. The number of carbonyl (C=O) groups is 2. The van der Waals surface area contributed by atoms with Gasteiger partial charge in [0, 0.05) is 29.5 Å². The first-order valence-corrected chi connectivity index (χ1v) is 9.46. The summed E-state index contributed by atoms with van der Waals surface area (Å²) in [5, 5.41) is 22.7. The van der Waals surface area contributed by atoms with Crippen LogP contribution < -0.4 is 5.32 Å². The van der Waals surface area contributed by atoms with E-state index in [4.69, 9.17) is 9.15 Å². The van der Waals surface area contributed by atoms with Crippen molar-refractivity contribution in [1.82, 2.24) is 0 Å². The van der Waals surface area contributed by atoms with E-state index in [1.54, 1.807) is 49.4 Å². The van der Waals surface area contributed by atoms with Gasteiger partial charge in [-0.1, -0.05) is 18.2 Å². The fraction of sp³-hybridized carbons (Fsp3) is 0.0870. The number of ether oxygens (including phenoxy) is 1. The SMILES string of the molecule is CCOC(=O)c1ccc(-c2ccc(/C=C(\C#N)C(=O)Nc3cccc([N+](=O)[O-])c3)o2)cc1. The summed E-state index contributed by atoms with van der Waals surface area (Å²) in [5.41, 5.74) is 0.862. The van der Waals surface area contributed by atoms with Crippen molar-refractivity contribution >= 4 is 29.3 Å². The Balaban J connectivity index is 1.75. The van der Waals surface area contributed by atoms with E-state index in [2.05, 4.69) is 5.32 Å². The van der Waals surface area contributed by atoms with Gasteiger partial charge in [-0.15, -0.1) is 0 Å². The van der Waals surface area contributed by atoms with Crippen molar-refractivity contribution in [2.24, 2.45) is 0 Å². The minimum Gasteiger partial charge on any atom is -0.462 e. The first kappa shape index (κ1) is 22.0. The van der Waals surface area contributed by atoms with E-state index in [9.17, 15) is 25.0 Å². The number of furan rings is 1. The van der Waals surface area contributed by atoms with Crippen molar-refractivity contribution < 1.29 is 23.7 Å². The molecule has 0 atom stereocenters. The molecule has 1 aromatic heterocycles. The molecule has 0 aliphatic rings. The van der Waals surface area contributed by atoms with Gasteiger partial charge in [-0.3, -0.25) is 14.9 Å². The fourth-order valence-electron chi connectivity index (χ4n) is 2.76.